The van der Waals surface area contributed by atoms with E-state index in [1.54, 1.807) is 7.11 Å². The van der Waals surface area contributed by atoms with Crippen LogP contribution in [0, 0.1) is 0 Å². The van der Waals surface area contributed by atoms with Crippen molar-refractivity contribution in [3.05, 3.63) is 65.3 Å². The Bertz CT molecular complexity index is 975. The number of methoxy groups -OCH3 is 1. The summed E-state index contributed by atoms with van der Waals surface area (Å²) in [6, 6.07) is 15.4. The van der Waals surface area contributed by atoms with E-state index in [4.69, 9.17) is 21.1 Å². The maximum atomic E-state index is 13.0. The molecule has 1 saturated heterocycles. The summed E-state index contributed by atoms with van der Waals surface area (Å²) >= 11 is 5.92. The van der Waals surface area contributed by atoms with Crippen molar-refractivity contribution >= 4 is 28.4 Å². The SMILES string of the molecule is COCCn1ccc2ccc(C(=O)N3CCC(Oc4ccc(Cl)cc4)CC3)cc21. The van der Waals surface area contributed by atoms with Gasteiger partial charge in [0.2, 0.25) is 0 Å². The fraction of sp³-hybridized carbons (Fsp3) is 0.348. The molecule has 1 aliphatic heterocycles. The highest BCUT2D eigenvalue weighted by Gasteiger charge is 2.25. The van der Waals surface area contributed by atoms with Crippen molar-refractivity contribution in [3.8, 4) is 5.75 Å². The number of fused-ring (bicyclic) bond motifs is 1. The summed E-state index contributed by atoms with van der Waals surface area (Å²) in [4.78, 5) is 15.0. The van der Waals surface area contributed by atoms with Crippen LogP contribution in [0.2, 0.25) is 5.02 Å². The predicted molar refractivity (Wildman–Crippen MR) is 115 cm³/mol. The number of aromatic nitrogens is 1. The van der Waals surface area contributed by atoms with Crippen LogP contribution in [0.25, 0.3) is 10.9 Å². The van der Waals surface area contributed by atoms with E-state index in [2.05, 4.69) is 10.6 Å². The van der Waals surface area contributed by atoms with Crippen LogP contribution in [-0.2, 0) is 11.3 Å². The van der Waals surface area contributed by atoms with Crippen LogP contribution in [0.15, 0.2) is 54.7 Å². The van der Waals surface area contributed by atoms with Crippen LogP contribution < -0.4 is 4.74 Å². The van der Waals surface area contributed by atoms with Crippen LogP contribution >= 0.6 is 11.6 Å². The summed E-state index contributed by atoms with van der Waals surface area (Å²) in [5.41, 5.74) is 1.79. The monoisotopic (exact) mass is 412 g/mol. The smallest absolute Gasteiger partial charge is 0.253 e. The molecule has 0 radical (unpaired) electrons. The summed E-state index contributed by atoms with van der Waals surface area (Å²) in [5, 5.41) is 1.83. The molecule has 1 aliphatic rings. The first-order valence-electron chi connectivity index (χ1n) is 9.93. The summed E-state index contributed by atoms with van der Waals surface area (Å²) in [5.74, 6) is 0.901. The molecule has 29 heavy (non-hydrogen) atoms. The molecule has 6 heteroatoms. The number of amides is 1. The molecule has 0 aliphatic carbocycles. The van der Waals surface area contributed by atoms with E-state index in [1.165, 1.54) is 0 Å². The van der Waals surface area contributed by atoms with Crippen molar-refractivity contribution in [1.82, 2.24) is 9.47 Å². The van der Waals surface area contributed by atoms with Crippen LogP contribution in [0.3, 0.4) is 0 Å². The van der Waals surface area contributed by atoms with Crippen LogP contribution in [0.4, 0.5) is 0 Å². The van der Waals surface area contributed by atoms with Gasteiger partial charge in [0.05, 0.1) is 6.61 Å². The largest absolute Gasteiger partial charge is 0.490 e. The number of ether oxygens (including phenoxy) is 2. The first-order valence-corrected chi connectivity index (χ1v) is 10.3. The molecule has 0 spiro atoms. The summed E-state index contributed by atoms with van der Waals surface area (Å²) < 4.78 is 13.3. The third kappa shape index (κ3) is 4.57. The molecule has 0 unspecified atom stereocenters. The number of carbonyl (C=O) groups excluding carboxylic acids is 1. The second kappa shape index (κ2) is 8.89. The highest BCUT2D eigenvalue weighted by molar-refractivity contribution is 6.30. The van der Waals surface area contributed by atoms with E-state index in [9.17, 15) is 4.79 Å². The van der Waals surface area contributed by atoms with Crippen molar-refractivity contribution < 1.29 is 14.3 Å². The number of benzene rings is 2. The molecule has 0 N–H and O–H groups in total. The number of likely N-dealkylation sites (tertiary alicyclic amines) is 1. The molecule has 1 aromatic heterocycles. The number of piperidine rings is 1. The lowest BCUT2D eigenvalue weighted by Crippen LogP contribution is -2.41. The Morgan fingerprint density at radius 2 is 1.86 bits per heavy atom. The van der Waals surface area contributed by atoms with Gasteiger partial charge in [-0.1, -0.05) is 17.7 Å². The van der Waals surface area contributed by atoms with Gasteiger partial charge < -0.3 is 18.9 Å². The maximum Gasteiger partial charge on any atom is 0.253 e. The molecular formula is C23H25ClN2O3. The standard InChI is InChI=1S/C23H25ClN2O3/c1-28-15-14-25-11-8-17-2-3-18(16-22(17)25)23(27)26-12-9-21(10-13-26)29-20-6-4-19(24)5-7-20/h2-8,11,16,21H,9-10,12-15H2,1H3. The first kappa shape index (κ1) is 19.8. The Morgan fingerprint density at radius 1 is 1.10 bits per heavy atom. The van der Waals surface area contributed by atoms with Crippen molar-refractivity contribution in [2.45, 2.75) is 25.5 Å². The number of hydrogen-bond donors (Lipinski definition) is 0. The number of carbonyl (C=O) groups is 1. The number of rotatable bonds is 6. The molecule has 1 amide bonds. The van der Waals surface area contributed by atoms with E-state index < -0.39 is 0 Å². The molecule has 5 nitrogen and oxygen atoms in total. The molecule has 1 fully saturated rings. The van der Waals surface area contributed by atoms with Gasteiger partial charge in [0.1, 0.15) is 11.9 Å². The van der Waals surface area contributed by atoms with Gasteiger partial charge in [-0.2, -0.15) is 0 Å². The van der Waals surface area contributed by atoms with Crippen molar-refractivity contribution in [2.24, 2.45) is 0 Å². The molecule has 3 aromatic rings. The maximum absolute atomic E-state index is 13.0. The molecule has 152 valence electrons. The number of nitrogens with zero attached hydrogens (tertiary/aromatic N) is 2. The lowest BCUT2D eigenvalue weighted by molar-refractivity contribution is 0.0595. The topological polar surface area (TPSA) is 43.7 Å². The Balaban J connectivity index is 1.39. The van der Waals surface area contributed by atoms with Crippen LogP contribution in [-0.4, -0.2) is 48.3 Å². The van der Waals surface area contributed by atoms with E-state index in [0.717, 1.165) is 41.6 Å². The Kier molecular flexibility index (Phi) is 6.07. The van der Waals surface area contributed by atoms with Crippen molar-refractivity contribution in [3.63, 3.8) is 0 Å². The Morgan fingerprint density at radius 3 is 2.59 bits per heavy atom. The molecule has 0 saturated carbocycles. The van der Waals surface area contributed by atoms with Crippen molar-refractivity contribution in [2.75, 3.05) is 26.8 Å². The number of halogens is 1. The van der Waals surface area contributed by atoms with Gasteiger partial charge in [-0.05, 0) is 47.9 Å². The number of hydrogen-bond acceptors (Lipinski definition) is 3. The summed E-state index contributed by atoms with van der Waals surface area (Å²) in [6.45, 7) is 2.80. The average Bonchev–Trinajstić information content (AvgIpc) is 3.16. The molecule has 2 heterocycles. The third-order valence-electron chi connectivity index (χ3n) is 5.40. The zero-order valence-electron chi connectivity index (χ0n) is 16.5. The van der Waals surface area contributed by atoms with E-state index in [1.807, 2.05) is 53.6 Å². The van der Waals surface area contributed by atoms with Gasteiger partial charge in [0.15, 0.2) is 0 Å². The molecule has 0 atom stereocenters. The van der Waals surface area contributed by atoms with Crippen LogP contribution in [0.1, 0.15) is 23.2 Å². The Hall–Kier alpha value is -2.50. The van der Waals surface area contributed by atoms with E-state index in [0.29, 0.717) is 24.7 Å². The minimum atomic E-state index is 0.0799. The highest BCUT2D eigenvalue weighted by Crippen LogP contribution is 2.23. The van der Waals surface area contributed by atoms with Gasteiger partial charge in [0.25, 0.3) is 5.91 Å². The lowest BCUT2D eigenvalue weighted by atomic mass is 10.1. The zero-order valence-corrected chi connectivity index (χ0v) is 17.3. The van der Waals surface area contributed by atoms with E-state index >= 15 is 0 Å². The van der Waals surface area contributed by atoms with Gasteiger partial charge >= 0.3 is 0 Å². The first-order chi connectivity index (χ1) is 14.1. The second-order valence-corrected chi connectivity index (χ2v) is 7.78. The molecule has 0 bridgehead atoms. The van der Waals surface area contributed by atoms with Gasteiger partial charge in [-0.15, -0.1) is 0 Å². The van der Waals surface area contributed by atoms with Crippen LogP contribution in [0.5, 0.6) is 5.75 Å². The molecular weight excluding hydrogens is 388 g/mol. The summed E-state index contributed by atoms with van der Waals surface area (Å²) in [6.07, 6.45) is 3.80. The second-order valence-electron chi connectivity index (χ2n) is 7.34. The minimum Gasteiger partial charge on any atom is -0.490 e. The third-order valence-corrected chi connectivity index (χ3v) is 5.65. The highest BCUT2D eigenvalue weighted by atomic mass is 35.5. The van der Waals surface area contributed by atoms with Gasteiger partial charge in [0, 0.05) is 61.9 Å². The Labute approximate surface area is 175 Å². The summed E-state index contributed by atoms with van der Waals surface area (Å²) in [7, 11) is 1.70. The van der Waals surface area contributed by atoms with Crippen molar-refractivity contribution in [1.29, 1.82) is 0 Å². The fourth-order valence-electron chi connectivity index (χ4n) is 3.77. The molecule has 4 rings (SSSR count). The van der Waals surface area contributed by atoms with Gasteiger partial charge in [-0.25, -0.2) is 0 Å². The van der Waals surface area contributed by atoms with Gasteiger partial charge in [-0.3, -0.25) is 4.79 Å². The fourth-order valence-corrected chi connectivity index (χ4v) is 3.89. The lowest BCUT2D eigenvalue weighted by Gasteiger charge is -2.32. The normalized spacial score (nSPS) is 15.0. The predicted octanol–water partition coefficient (Wildman–Crippen LogP) is 4.62. The van der Waals surface area contributed by atoms with E-state index in [-0.39, 0.29) is 12.0 Å². The molecule has 2 aromatic carbocycles. The zero-order chi connectivity index (χ0) is 20.2. The minimum absolute atomic E-state index is 0.0799. The average molecular weight is 413 g/mol. The quantitative estimate of drug-likeness (QED) is 0.593.